The molecule has 0 radical (unpaired) electrons. The average Bonchev–Trinajstić information content (AvgIpc) is 3.02. The van der Waals surface area contributed by atoms with Crippen molar-refractivity contribution in [3.63, 3.8) is 0 Å². The van der Waals surface area contributed by atoms with Crippen LogP contribution in [-0.4, -0.2) is 26.8 Å². The van der Waals surface area contributed by atoms with Gasteiger partial charge in [-0.05, 0) is 39.0 Å². The highest BCUT2D eigenvalue weighted by molar-refractivity contribution is 9.10. The summed E-state index contributed by atoms with van der Waals surface area (Å²) in [6.45, 7) is 5.45. The third-order valence-corrected chi connectivity index (χ3v) is 4.45. The predicted octanol–water partition coefficient (Wildman–Crippen LogP) is 3.92. The molecule has 0 unspecified atom stereocenters. The fourth-order valence-electron chi connectivity index (χ4n) is 2.09. The zero-order valence-corrected chi connectivity index (χ0v) is 15.9. The van der Waals surface area contributed by atoms with E-state index in [9.17, 15) is 4.79 Å². The number of benzene rings is 1. The smallest absolute Gasteiger partial charge is 0.315 e. The van der Waals surface area contributed by atoms with Crippen molar-refractivity contribution in [3.8, 4) is 0 Å². The normalized spacial score (nSPS) is 11.8. The van der Waals surface area contributed by atoms with Gasteiger partial charge in [-0.2, -0.15) is 0 Å². The highest BCUT2D eigenvalue weighted by Gasteiger charge is 2.19. The van der Waals surface area contributed by atoms with Crippen LogP contribution < -0.4 is 0 Å². The van der Waals surface area contributed by atoms with Crippen LogP contribution in [0.15, 0.2) is 27.1 Å². The molecule has 0 amide bonds. The van der Waals surface area contributed by atoms with Crippen LogP contribution in [0, 0.1) is 0 Å². The lowest BCUT2D eigenvalue weighted by molar-refractivity contribution is -0.154. The molecule has 0 aliphatic carbocycles. The Morgan fingerprint density at radius 1 is 1.29 bits per heavy atom. The monoisotopic (exact) mass is 409 g/mol. The van der Waals surface area contributed by atoms with E-state index in [4.69, 9.17) is 9.15 Å². The van der Waals surface area contributed by atoms with Gasteiger partial charge in [0.25, 0.3) is 0 Å². The van der Waals surface area contributed by atoms with Gasteiger partial charge in [0.1, 0.15) is 17.0 Å². The summed E-state index contributed by atoms with van der Waals surface area (Å²) >= 11 is 5.02. The molecule has 2 heterocycles. The first-order valence-corrected chi connectivity index (χ1v) is 8.97. The van der Waals surface area contributed by atoms with E-state index in [0.29, 0.717) is 12.3 Å². The van der Waals surface area contributed by atoms with Gasteiger partial charge in [-0.15, -0.1) is 21.5 Å². The summed E-state index contributed by atoms with van der Waals surface area (Å²) in [6.07, 6.45) is 0.412. The highest BCUT2D eigenvalue weighted by atomic mass is 79.9. The summed E-state index contributed by atoms with van der Waals surface area (Å²) in [5, 5.41) is 8.77. The SMILES string of the molecule is CC(C)(C)OC(=O)Cc1nnc(Cc2nc3cc(Br)ccc3s2)o1. The second-order valence-corrected chi connectivity index (χ2v) is 8.28. The van der Waals surface area contributed by atoms with Crippen LogP contribution in [0.5, 0.6) is 0 Å². The molecular weight excluding hydrogens is 394 g/mol. The Kier molecular flexibility index (Phi) is 4.69. The molecular formula is C16H16BrN3O3S. The Labute approximate surface area is 151 Å². The summed E-state index contributed by atoms with van der Waals surface area (Å²) in [5.74, 6) is 0.303. The first-order valence-electron chi connectivity index (χ1n) is 7.36. The van der Waals surface area contributed by atoms with Crippen LogP contribution in [0.1, 0.15) is 37.6 Å². The van der Waals surface area contributed by atoms with Gasteiger partial charge in [0.05, 0.1) is 16.6 Å². The number of aromatic nitrogens is 3. The van der Waals surface area contributed by atoms with Gasteiger partial charge < -0.3 is 9.15 Å². The summed E-state index contributed by atoms with van der Waals surface area (Å²) in [7, 11) is 0. The Hall–Kier alpha value is -1.80. The Bertz CT molecular complexity index is 882. The number of ether oxygens (including phenoxy) is 1. The molecule has 126 valence electrons. The summed E-state index contributed by atoms with van der Waals surface area (Å²) in [6, 6.07) is 5.97. The zero-order valence-electron chi connectivity index (χ0n) is 13.5. The summed E-state index contributed by atoms with van der Waals surface area (Å²) in [4.78, 5) is 16.3. The minimum Gasteiger partial charge on any atom is -0.460 e. The van der Waals surface area contributed by atoms with E-state index in [1.807, 2.05) is 39.0 Å². The minimum atomic E-state index is -0.533. The highest BCUT2D eigenvalue weighted by Crippen LogP contribution is 2.26. The molecule has 2 aromatic heterocycles. The molecule has 1 aromatic carbocycles. The van der Waals surface area contributed by atoms with Crippen molar-refractivity contribution in [2.75, 3.05) is 0 Å². The topological polar surface area (TPSA) is 78.1 Å². The van der Waals surface area contributed by atoms with Gasteiger partial charge in [-0.1, -0.05) is 15.9 Å². The molecule has 3 rings (SSSR count). The van der Waals surface area contributed by atoms with E-state index in [1.165, 1.54) is 0 Å². The number of hydrogen-bond acceptors (Lipinski definition) is 7. The molecule has 24 heavy (non-hydrogen) atoms. The van der Waals surface area contributed by atoms with Gasteiger partial charge in [0.2, 0.25) is 11.8 Å². The van der Waals surface area contributed by atoms with Crippen molar-refractivity contribution in [1.29, 1.82) is 0 Å². The predicted molar refractivity (Wildman–Crippen MR) is 94.0 cm³/mol. The fraction of sp³-hybridized carbons (Fsp3) is 0.375. The largest absolute Gasteiger partial charge is 0.460 e. The maximum atomic E-state index is 11.8. The number of hydrogen-bond donors (Lipinski definition) is 0. The zero-order chi connectivity index (χ0) is 17.3. The van der Waals surface area contributed by atoms with E-state index in [0.717, 1.165) is 19.7 Å². The van der Waals surface area contributed by atoms with Crippen molar-refractivity contribution >= 4 is 43.5 Å². The lowest BCUT2D eigenvalue weighted by Gasteiger charge is -2.18. The van der Waals surface area contributed by atoms with Crippen LogP contribution in [-0.2, 0) is 22.4 Å². The van der Waals surface area contributed by atoms with E-state index < -0.39 is 5.60 Å². The lowest BCUT2D eigenvalue weighted by Crippen LogP contribution is -2.24. The molecule has 0 N–H and O–H groups in total. The fourth-order valence-corrected chi connectivity index (χ4v) is 3.37. The van der Waals surface area contributed by atoms with Crippen molar-refractivity contribution in [2.45, 2.75) is 39.2 Å². The first-order chi connectivity index (χ1) is 11.3. The van der Waals surface area contributed by atoms with Crippen LogP contribution in [0.25, 0.3) is 10.2 Å². The maximum Gasteiger partial charge on any atom is 0.315 e. The number of halogens is 1. The number of carbonyl (C=O) groups excluding carboxylic acids is 1. The van der Waals surface area contributed by atoms with Gasteiger partial charge >= 0.3 is 5.97 Å². The average molecular weight is 410 g/mol. The van der Waals surface area contributed by atoms with Crippen molar-refractivity contribution in [2.24, 2.45) is 0 Å². The molecule has 0 spiro atoms. The lowest BCUT2D eigenvalue weighted by atomic mass is 10.2. The van der Waals surface area contributed by atoms with Crippen LogP contribution in [0.3, 0.4) is 0 Å². The van der Waals surface area contributed by atoms with Gasteiger partial charge in [0, 0.05) is 4.47 Å². The number of carbonyl (C=O) groups is 1. The molecule has 0 atom stereocenters. The number of rotatable bonds is 4. The van der Waals surface area contributed by atoms with Gasteiger partial charge in [-0.25, -0.2) is 4.98 Å². The van der Waals surface area contributed by atoms with E-state index in [-0.39, 0.29) is 18.3 Å². The minimum absolute atomic E-state index is 0.0307. The molecule has 0 saturated heterocycles. The third-order valence-electron chi connectivity index (χ3n) is 2.92. The quantitative estimate of drug-likeness (QED) is 0.607. The Morgan fingerprint density at radius 3 is 2.79 bits per heavy atom. The van der Waals surface area contributed by atoms with Crippen molar-refractivity contribution < 1.29 is 13.9 Å². The number of nitrogens with zero attached hydrogens (tertiary/aromatic N) is 3. The van der Waals surface area contributed by atoms with E-state index >= 15 is 0 Å². The van der Waals surface area contributed by atoms with Crippen molar-refractivity contribution in [1.82, 2.24) is 15.2 Å². The molecule has 0 aliphatic rings. The summed E-state index contributed by atoms with van der Waals surface area (Å²) < 4.78 is 12.9. The molecule has 0 saturated carbocycles. The van der Waals surface area contributed by atoms with Gasteiger partial charge in [0.15, 0.2) is 0 Å². The first kappa shape index (κ1) is 17.0. The molecule has 6 nitrogen and oxygen atoms in total. The number of fused-ring (bicyclic) bond motifs is 1. The molecule has 8 heteroatoms. The Morgan fingerprint density at radius 2 is 2.04 bits per heavy atom. The molecule has 3 aromatic rings. The molecule has 0 fully saturated rings. The molecule has 0 bridgehead atoms. The van der Waals surface area contributed by atoms with Crippen LogP contribution >= 0.6 is 27.3 Å². The second kappa shape index (κ2) is 6.60. The Balaban J connectivity index is 1.67. The third kappa shape index (κ3) is 4.39. The van der Waals surface area contributed by atoms with E-state index in [2.05, 4.69) is 31.1 Å². The van der Waals surface area contributed by atoms with Crippen LogP contribution in [0.4, 0.5) is 0 Å². The number of esters is 1. The van der Waals surface area contributed by atoms with Crippen LogP contribution in [0.2, 0.25) is 0 Å². The van der Waals surface area contributed by atoms with Gasteiger partial charge in [-0.3, -0.25) is 4.79 Å². The summed E-state index contributed by atoms with van der Waals surface area (Å²) in [5.41, 5.74) is 0.396. The molecule has 0 aliphatic heterocycles. The van der Waals surface area contributed by atoms with Crippen molar-refractivity contribution in [3.05, 3.63) is 39.5 Å². The second-order valence-electron chi connectivity index (χ2n) is 6.25. The maximum absolute atomic E-state index is 11.8. The van der Waals surface area contributed by atoms with E-state index in [1.54, 1.807) is 11.3 Å². The standard InChI is InChI=1S/C16H16BrN3O3S/c1-16(2,3)23-15(21)8-13-20-19-12(22-13)7-14-18-10-6-9(17)4-5-11(10)24-14/h4-6H,7-8H2,1-3H3. The number of thiazole rings is 1.